The van der Waals surface area contributed by atoms with Crippen molar-refractivity contribution in [1.29, 1.82) is 0 Å². The van der Waals surface area contributed by atoms with E-state index in [1.807, 2.05) is 31.2 Å². The molecule has 0 aromatic heterocycles. The maximum atomic E-state index is 12.4. The molecule has 1 fully saturated rings. The van der Waals surface area contributed by atoms with Gasteiger partial charge >= 0.3 is 0 Å². The quantitative estimate of drug-likeness (QED) is 0.818. The van der Waals surface area contributed by atoms with E-state index >= 15 is 0 Å². The van der Waals surface area contributed by atoms with Gasteiger partial charge in [-0.15, -0.1) is 0 Å². The lowest BCUT2D eigenvalue weighted by atomic mass is 10.1. The predicted molar refractivity (Wildman–Crippen MR) is 98.0 cm³/mol. The Morgan fingerprint density at radius 3 is 2.27 bits per heavy atom. The van der Waals surface area contributed by atoms with Crippen molar-refractivity contribution in [3.05, 3.63) is 59.7 Å². The lowest BCUT2D eigenvalue weighted by Gasteiger charge is -2.24. The van der Waals surface area contributed by atoms with Crippen LogP contribution < -0.4 is 9.62 Å². The molecule has 0 aliphatic carbocycles. The summed E-state index contributed by atoms with van der Waals surface area (Å²) in [7, 11) is -3.68. The van der Waals surface area contributed by atoms with Crippen molar-refractivity contribution in [2.45, 2.75) is 37.6 Å². The van der Waals surface area contributed by atoms with E-state index in [1.165, 1.54) is 24.3 Å². The van der Waals surface area contributed by atoms with Crippen molar-refractivity contribution in [2.24, 2.45) is 0 Å². The number of amides is 2. The van der Waals surface area contributed by atoms with E-state index in [4.69, 9.17) is 0 Å². The topological polar surface area (TPSA) is 83.6 Å². The van der Waals surface area contributed by atoms with E-state index in [1.54, 1.807) is 0 Å². The van der Waals surface area contributed by atoms with Gasteiger partial charge in [-0.25, -0.2) is 13.1 Å². The molecule has 1 aliphatic heterocycles. The van der Waals surface area contributed by atoms with Crippen molar-refractivity contribution < 1.29 is 18.0 Å². The minimum atomic E-state index is -3.68. The van der Waals surface area contributed by atoms with Gasteiger partial charge in [0.25, 0.3) is 0 Å². The highest BCUT2D eigenvalue weighted by molar-refractivity contribution is 7.89. The minimum absolute atomic E-state index is 0.0887. The lowest BCUT2D eigenvalue weighted by molar-refractivity contribution is -0.129. The number of nitrogens with zero attached hydrogens (tertiary/aromatic N) is 1. The number of carbonyl (C=O) groups excluding carboxylic acids is 2. The van der Waals surface area contributed by atoms with Crippen LogP contribution in [0.25, 0.3) is 0 Å². The predicted octanol–water partition coefficient (Wildman–Crippen LogP) is 2.52. The third kappa shape index (κ3) is 4.00. The summed E-state index contributed by atoms with van der Waals surface area (Å²) >= 11 is 0. The molecule has 1 saturated heterocycles. The van der Waals surface area contributed by atoms with E-state index in [9.17, 15) is 18.0 Å². The van der Waals surface area contributed by atoms with Gasteiger partial charge in [-0.05, 0) is 43.2 Å². The van der Waals surface area contributed by atoms with Crippen LogP contribution in [-0.4, -0.2) is 20.2 Å². The monoisotopic (exact) mass is 372 g/mol. The smallest absolute Gasteiger partial charge is 0.240 e. The fourth-order valence-corrected chi connectivity index (χ4v) is 3.92. The molecule has 26 heavy (non-hydrogen) atoms. The number of rotatable bonds is 5. The Kier molecular flexibility index (Phi) is 5.20. The zero-order valence-corrected chi connectivity index (χ0v) is 15.3. The van der Waals surface area contributed by atoms with Crippen LogP contribution >= 0.6 is 0 Å². The molecule has 2 aromatic carbocycles. The van der Waals surface area contributed by atoms with Crippen molar-refractivity contribution >= 4 is 27.5 Å². The fourth-order valence-electron chi connectivity index (χ4n) is 2.90. The second-order valence-corrected chi connectivity index (χ2v) is 8.05. The molecule has 136 valence electrons. The van der Waals surface area contributed by atoms with Crippen molar-refractivity contribution in [3.8, 4) is 0 Å². The molecule has 0 spiro atoms. The van der Waals surface area contributed by atoms with E-state index in [0.29, 0.717) is 24.9 Å². The summed E-state index contributed by atoms with van der Waals surface area (Å²) in [6, 6.07) is 13.4. The van der Waals surface area contributed by atoms with Crippen LogP contribution in [0.3, 0.4) is 0 Å². The van der Waals surface area contributed by atoms with Crippen LogP contribution in [0.15, 0.2) is 53.4 Å². The summed E-state index contributed by atoms with van der Waals surface area (Å²) in [5, 5.41) is 0. The molecule has 6 nitrogen and oxygen atoms in total. The zero-order valence-electron chi connectivity index (χ0n) is 14.4. The number of hydrogen-bond donors (Lipinski definition) is 1. The highest BCUT2D eigenvalue weighted by Gasteiger charge is 2.27. The molecule has 0 unspecified atom stereocenters. The number of anilines is 1. The number of sulfonamides is 1. The first-order valence-electron chi connectivity index (χ1n) is 8.38. The van der Waals surface area contributed by atoms with Gasteiger partial charge in [0.15, 0.2) is 0 Å². The van der Waals surface area contributed by atoms with Gasteiger partial charge in [0.1, 0.15) is 0 Å². The van der Waals surface area contributed by atoms with Crippen LogP contribution in [0.1, 0.15) is 30.4 Å². The Hall–Kier alpha value is -2.51. The zero-order chi connectivity index (χ0) is 18.7. The molecular formula is C19H20N2O4S. The van der Waals surface area contributed by atoms with Gasteiger partial charge in [0.2, 0.25) is 21.8 Å². The van der Waals surface area contributed by atoms with E-state index < -0.39 is 10.0 Å². The van der Waals surface area contributed by atoms with Crippen LogP contribution in [0.4, 0.5) is 5.69 Å². The number of benzene rings is 2. The van der Waals surface area contributed by atoms with Gasteiger partial charge < -0.3 is 0 Å². The standard InChI is InChI=1S/C19H20N2O4S/c1-14-4-2-5-15(12-14)13-20-26(24,25)17-10-8-16(9-11-17)21-18(22)6-3-7-19(21)23/h2,4-5,8-12,20H,3,6-7,13H2,1H3. The normalized spacial score (nSPS) is 15.3. The largest absolute Gasteiger partial charge is 0.274 e. The number of hydrogen-bond acceptors (Lipinski definition) is 4. The number of nitrogens with one attached hydrogen (secondary N) is 1. The molecule has 2 amide bonds. The minimum Gasteiger partial charge on any atom is -0.274 e. The summed E-state index contributed by atoms with van der Waals surface area (Å²) < 4.78 is 27.5. The number of piperidine rings is 1. The Morgan fingerprint density at radius 1 is 1.00 bits per heavy atom. The Morgan fingerprint density at radius 2 is 1.65 bits per heavy atom. The first kappa shape index (κ1) is 18.3. The van der Waals surface area contributed by atoms with Crippen molar-refractivity contribution in [1.82, 2.24) is 4.72 Å². The summed E-state index contributed by atoms with van der Waals surface area (Å²) in [5.41, 5.74) is 2.33. The van der Waals surface area contributed by atoms with Crippen LogP contribution in [0.5, 0.6) is 0 Å². The molecule has 2 aromatic rings. The average Bonchev–Trinajstić information content (AvgIpc) is 2.61. The SMILES string of the molecule is Cc1cccc(CNS(=O)(=O)c2ccc(N3C(=O)CCCC3=O)cc2)c1. The first-order chi connectivity index (χ1) is 12.4. The summed E-state index contributed by atoms with van der Waals surface area (Å²) in [5.74, 6) is -0.510. The van der Waals surface area contributed by atoms with E-state index in [-0.39, 0.29) is 23.3 Å². The van der Waals surface area contributed by atoms with Crippen molar-refractivity contribution in [3.63, 3.8) is 0 Å². The van der Waals surface area contributed by atoms with Gasteiger partial charge in [0.05, 0.1) is 10.6 Å². The third-order valence-corrected chi connectivity index (χ3v) is 5.65. The molecule has 0 radical (unpaired) electrons. The lowest BCUT2D eigenvalue weighted by Crippen LogP contribution is -2.40. The highest BCUT2D eigenvalue weighted by atomic mass is 32.2. The van der Waals surface area contributed by atoms with Gasteiger partial charge in [-0.2, -0.15) is 0 Å². The van der Waals surface area contributed by atoms with Crippen LogP contribution in [-0.2, 0) is 26.2 Å². The number of imide groups is 1. The second kappa shape index (κ2) is 7.39. The second-order valence-electron chi connectivity index (χ2n) is 6.28. The average molecular weight is 372 g/mol. The van der Waals surface area contributed by atoms with Crippen molar-refractivity contribution in [2.75, 3.05) is 4.90 Å². The Balaban J connectivity index is 1.74. The van der Waals surface area contributed by atoms with E-state index in [0.717, 1.165) is 16.0 Å². The van der Waals surface area contributed by atoms with Crippen LogP contribution in [0.2, 0.25) is 0 Å². The fraction of sp³-hybridized carbons (Fsp3) is 0.263. The Labute approximate surface area is 152 Å². The maximum Gasteiger partial charge on any atom is 0.240 e. The summed E-state index contributed by atoms with van der Waals surface area (Å²) in [6.45, 7) is 2.13. The molecule has 1 aliphatic rings. The molecule has 1 heterocycles. The first-order valence-corrected chi connectivity index (χ1v) is 9.86. The van der Waals surface area contributed by atoms with E-state index in [2.05, 4.69) is 4.72 Å². The third-order valence-electron chi connectivity index (χ3n) is 4.23. The maximum absolute atomic E-state index is 12.4. The molecular weight excluding hydrogens is 352 g/mol. The molecule has 0 bridgehead atoms. The van der Waals surface area contributed by atoms with Gasteiger partial charge in [0, 0.05) is 19.4 Å². The Bertz CT molecular complexity index is 920. The molecule has 0 atom stereocenters. The summed E-state index contributed by atoms with van der Waals surface area (Å²) in [4.78, 5) is 25.1. The van der Waals surface area contributed by atoms with Gasteiger partial charge in [-0.3, -0.25) is 14.5 Å². The van der Waals surface area contributed by atoms with Crippen LogP contribution in [0, 0.1) is 6.92 Å². The molecule has 0 saturated carbocycles. The van der Waals surface area contributed by atoms with Gasteiger partial charge in [-0.1, -0.05) is 29.8 Å². The number of aryl methyl sites for hydroxylation is 1. The molecule has 1 N–H and O–H groups in total. The molecule has 7 heteroatoms. The molecule has 3 rings (SSSR count). The highest BCUT2D eigenvalue weighted by Crippen LogP contribution is 2.23. The summed E-state index contributed by atoms with van der Waals surface area (Å²) in [6.07, 6.45) is 1.21. The number of carbonyl (C=O) groups is 2.